The van der Waals surface area contributed by atoms with Crippen molar-refractivity contribution in [3.05, 3.63) is 93.7 Å². The fourth-order valence-corrected chi connectivity index (χ4v) is 3.37. The average molecular weight is 440 g/mol. The van der Waals surface area contributed by atoms with Gasteiger partial charge in [0, 0.05) is 46.2 Å². The largest absolute Gasteiger partial charge is 0.382 e. The monoisotopic (exact) mass is 439 g/mol. The minimum absolute atomic E-state index is 0.229. The van der Waals surface area contributed by atoms with Crippen LogP contribution in [0.3, 0.4) is 0 Å². The summed E-state index contributed by atoms with van der Waals surface area (Å²) in [6.45, 7) is 0. The SMILES string of the molecule is O=C(c1ccc(Cl)cc1)c1ccc(NC(=O)C2CC(c3cccnc3)=NO2)cc1Cl. The maximum atomic E-state index is 12.6. The summed E-state index contributed by atoms with van der Waals surface area (Å²) in [7, 11) is 0. The molecule has 2 aromatic carbocycles. The van der Waals surface area contributed by atoms with E-state index in [4.69, 9.17) is 28.0 Å². The lowest BCUT2D eigenvalue weighted by molar-refractivity contribution is -0.125. The molecule has 6 nitrogen and oxygen atoms in total. The van der Waals surface area contributed by atoms with Gasteiger partial charge in [-0.2, -0.15) is 0 Å². The van der Waals surface area contributed by atoms with Gasteiger partial charge in [-0.05, 0) is 54.6 Å². The third-order valence-electron chi connectivity index (χ3n) is 4.54. The number of hydrogen-bond donors (Lipinski definition) is 1. The number of oxime groups is 1. The standard InChI is InChI=1S/C22H15Cl2N3O3/c23-15-5-3-13(4-6-15)21(28)17-8-7-16(10-18(17)24)26-22(29)20-11-19(27-30-20)14-2-1-9-25-12-14/h1-10,12,20H,11H2,(H,26,29). The van der Waals surface area contributed by atoms with Crippen LogP contribution in [0.15, 0.2) is 72.1 Å². The molecular formula is C22H15Cl2N3O3. The van der Waals surface area contributed by atoms with E-state index in [2.05, 4.69) is 15.5 Å². The van der Waals surface area contributed by atoms with E-state index in [1.54, 1.807) is 54.9 Å². The van der Waals surface area contributed by atoms with E-state index in [0.717, 1.165) is 5.56 Å². The highest BCUT2D eigenvalue weighted by atomic mass is 35.5. The number of nitrogens with zero attached hydrogens (tertiary/aromatic N) is 2. The topological polar surface area (TPSA) is 80.7 Å². The molecule has 0 bridgehead atoms. The third kappa shape index (κ3) is 4.35. The number of nitrogens with one attached hydrogen (secondary N) is 1. The van der Waals surface area contributed by atoms with E-state index >= 15 is 0 Å². The van der Waals surface area contributed by atoms with E-state index in [0.29, 0.717) is 34.0 Å². The van der Waals surface area contributed by atoms with Crippen LogP contribution in [0, 0.1) is 0 Å². The van der Waals surface area contributed by atoms with E-state index < -0.39 is 6.10 Å². The van der Waals surface area contributed by atoms with Crippen molar-refractivity contribution in [3.63, 3.8) is 0 Å². The molecule has 1 N–H and O–H groups in total. The average Bonchev–Trinajstić information content (AvgIpc) is 3.25. The number of pyridine rings is 1. The van der Waals surface area contributed by atoms with Crippen LogP contribution in [-0.4, -0.2) is 28.5 Å². The molecule has 150 valence electrons. The zero-order valence-corrected chi connectivity index (χ0v) is 17.0. The molecular weight excluding hydrogens is 425 g/mol. The fraction of sp³-hybridized carbons (Fsp3) is 0.0909. The summed E-state index contributed by atoms with van der Waals surface area (Å²) in [6, 6.07) is 14.9. The van der Waals surface area contributed by atoms with Gasteiger partial charge in [0.2, 0.25) is 6.10 Å². The molecule has 1 aliphatic rings. The van der Waals surface area contributed by atoms with Crippen molar-refractivity contribution in [1.29, 1.82) is 0 Å². The first-order valence-electron chi connectivity index (χ1n) is 9.05. The van der Waals surface area contributed by atoms with Crippen molar-refractivity contribution in [2.45, 2.75) is 12.5 Å². The van der Waals surface area contributed by atoms with Crippen LogP contribution in [-0.2, 0) is 9.63 Å². The molecule has 8 heteroatoms. The van der Waals surface area contributed by atoms with Crippen molar-refractivity contribution in [1.82, 2.24) is 4.98 Å². The van der Waals surface area contributed by atoms with Crippen LogP contribution >= 0.6 is 23.2 Å². The highest BCUT2D eigenvalue weighted by molar-refractivity contribution is 6.35. The number of aromatic nitrogens is 1. The summed E-state index contributed by atoms with van der Waals surface area (Å²) in [5.74, 6) is -0.589. The number of anilines is 1. The Morgan fingerprint density at radius 3 is 2.57 bits per heavy atom. The van der Waals surface area contributed by atoms with Crippen molar-refractivity contribution in [2.75, 3.05) is 5.32 Å². The Morgan fingerprint density at radius 2 is 1.87 bits per heavy atom. The van der Waals surface area contributed by atoms with E-state index in [-0.39, 0.29) is 16.7 Å². The second kappa shape index (κ2) is 8.65. The van der Waals surface area contributed by atoms with Gasteiger partial charge in [0.05, 0.1) is 10.7 Å². The smallest absolute Gasteiger partial charge is 0.268 e. The fourth-order valence-electron chi connectivity index (χ4n) is 2.98. The summed E-state index contributed by atoms with van der Waals surface area (Å²) in [6.07, 6.45) is 2.90. The molecule has 1 unspecified atom stereocenters. The molecule has 0 spiro atoms. The van der Waals surface area contributed by atoms with Gasteiger partial charge in [0.15, 0.2) is 5.78 Å². The van der Waals surface area contributed by atoms with Gasteiger partial charge in [-0.25, -0.2) is 0 Å². The Balaban J connectivity index is 1.42. The van der Waals surface area contributed by atoms with Crippen LogP contribution in [0.1, 0.15) is 27.9 Å². The molecule has 0 fully saturated rings. The quantitative estimate of drug-likeness (QED) is 0.581. The number of rotatable bonds is 5. The maximum Gasteiger partial charge on any atom is 0.268 e. The van der Waals surface area contributed by atoms with Gasteiger partial charge >= 0.3 is 0 Å². The van der Waals surface area contributed by atoms with Gasteiger partial charge in [0.1, 0.15) is 0 Å². The molecule has 2 heterocycles. The number of ketones is 1. The number of carbonyl (C=O) groups excluding carboxylic acids is 2. The van der Waals surface area contributed by atoms with Crippen LogP contribution in [0.4, 0.5) is 5.69 Å². The van der Waals surface area contributed by atoms with Crippen molar-refractivity contribution >= 4 is 46.3 Å². The second-order valence-electron chi connectivity index (χ2n) is 6.60. The first-order valence-corrected chi connectivity index (χ1v) is 9.80. The zero-order valence-electron chi connectivity index (χ0n) is 15.5. The summed E-state index contributed by atoms with van der Waals surface area (Å²) in [4.78, 5) is 34.5. The molecule has 0 aliphatic carbocycles. The summed E-state index contributed by atoms with van der Waals surface area (Å²) < 4.78 is 0. The molecule has 0 radical (unpaired) electrons. The lowest BCUT2D eigenvalue weighted by Crippen LogP contribution is -2.28. The van der Waals surface area contributed by atoms with E-state index in [1.807, 2.05) is 6.07 Å². The first kappa shape index (κ1) is 20.1. The van der Waals surface area contributed by atoms with Crippen LogP contribution < -0.4 is 5.32 Å². The molecule has 1 atom stereocenters. The number of carbonyl (C=O) groups is 2. The molecule has 1 aromatic heterocycles. The predicted molar refractivity (Wildman–Crippen MR) is 115 cm³/mol. The predicted octanol–water partition coefficient (Wildman–Crippen LogP) is 4.75. The zero-order chi connectivity index (χ0) is 21.1. The number of benzene rings is 2. The van der Waals surface area contributed by atoms with E-state index in [1.165, 1.54) is 6.07 Å². The molecule has 30 heavy (non-hydrogen) atoms. The van der Waals surface area contributed by atoms with Gasteiger partial charge in [-0.1, -0.05) is 28.4 Å². The molecule has 1 amide bonds. The molecule has 1 aliphatic heterocycles. The van der Waals surface area contributed by atoms with Crippen molar-refractivity contribution in [2.24, 2.45) is 5.16 Å². The summed E-state index contributed by atoms with van der Waals surface area (Å²) in [5.41, 5.74) is 2.72. The van der Waals surface area contributed by atoms with Crippen LogP contribution in [0.2, 0.25) is 10.0 Å². The van der Waals surface area contributed by atoms with E-state index in [9.17, 15) is 9.59 Å². The number of amides is 1. The number of hydrogen-bond acceptors (Lipinski definition) is 5. The summed E-state index contributed by atoms with van der Waals surface area (Å²) >= 11 is 12.2. The van der Waals surface area contributed by atoms with Gasteiger partial charge < -0.3 is 10.2 Å². The maximum absolute atomic E-state index is 12.6. The Bertz CT molecular complexity index is 1130. The minimum atomic E-state index is -0.755. The normalized spacial score (nSPS) is 15.3. The Labute approximate surface area is 182 Å². The molecule has 4 rings (SSSR count). The Kier molecular flexibility index (Phi) is 5.79. The molecule has 3 aromatic rings. The van der Waals surface area contributed by atoms with Gasteiger partial charge in [0.25, 0.3) is 5.91 Å². The third-order valence-corrected chi connectivity index (χ3v) is 5.11. The number of halogens is 2. The highest BCUT2D eigenvalue weighted by Gasteiger charge is 2.29. The Morgan fingerprint density at radius 1 is 1.07 bits per heavy atom. The molecule has 0 saturated carbocycles. The van der Waals surface area contributed by atoms with Gasteiger partial charge in [-0.15, -0.1) is 0 Å². The summed E-state index contributed by atoms with van der Waals surface area (Å²) in [5, 5.41) is 7.50. The lowest BCUT2D eigenvalue weighted by atomic mass is 10.0. The second-order valence-corrected chi connectivity index (χ2v) is 7.44. The van der Waals surface area contributed by atoms with Crippen LogP contribution in [0.5, 0.6) is 0 Å². The van der Waals surface area contributed by atoms with Gasteiger partial charge in [-0.3, -0.25) is 14.6 Å². The first-order chi connectivity index (χ1) is 14.5. The van der Waals surface area contributed by atoms with Crippen LogP contribution in [0.25, 0.3) is 0 Å². The highest BCUT2D eigenvalue weighted by Crippen LogP contribution is 2.25. The lowest BCUT2D eigenvalue weighted by Gasteiger charge is -2.11. The van der Waals surface area contributed by atoms with Crippen molar-refractivity contribution in [3.8, 4) is 0 Å². The van der Waals surface area contributed by atoms with Crippen molar-refractivity contribution < 1.29 is 14.4 Å². The minimum Gasteiger partial charge on any atom is -0.382 e. The Hall–Kier alpha value is -3.22. The molecule has 0 saturated heterocycles.